The number of hydrogen-bond acceptors (Lipinski definition) is 4. The van der Waals surface area contributed by atoms with E-state index in [9.17, 15) is 0 Å². The summed E-state index contributed by atoms with van der Waals surface area (Å²) in [6.45, 7) is 2.83. The fourth-order valence-electron chi connectivity index (χ4n) is 2.40. The van der Waals surface area contributed by atoms with Crippen LogP contribution in [-0.2, 0) is 4.74 Å². The Bertz CT molecular complexity index is 302. The van der Waals surface area contributed by atoms with Gasteiger partial charge in [0.1, 0.15) is 0 Å². The summed E-state index contributed by atoms with van der Waals surface area (Å²) in [5.41, 5.74) is 7.26. The molecule has 1 saturated heterocycles. The first-order valence-electron chi connectivity index (χ1n) is 5.84. The maximum atomic E-state index is 5.90. The predicted octanol–water partition coefficient (Wildman–Crippen LogP) is 1.86. The van der Waals surface area contributed by atoms with E-state index in [-0.39, 0.29) is 0 Å². The lowest BCUT2D eigenvalue weighted by atomic mass is 10.0. The van der Waals surface area contributed by atoms with Crippen molar-refractivity contribution in [3.05, 3.63) is 22.4 Å². The highest BCUT2D eigenvalue weighted by Gasteiger charge is 2.26. The number of nitrogens with zero attached hydrogens (tertiary/aromatic N) is 1. The Morgan fingerprint density at radius 1 is 1.69 bits per heavy atom. The Labute approximate surface area is 101 Å². The molecule has 1 aromatic heterocycles. The number of methoxy groups -OCH3 is 1. The summed E-state index contributed by atoms with van der Waals surface area (Å²) < 4.78 is 5.45. The maximum absolute atomic E-state index is 5.90. The van der Waals surface area contributed by atoms with Crippen molar-refractivity contribution in [2.45, 2.75) is 25.0 Å². The first kappa shape index (κ1) is 12.0. The van der Waals surface area contributed by atoms with Crippen molar-refractivity contribution in [1.29, 1.82) is 0 Å². The van der Waals surface area contributed by atoms with E-state index in [1.165, 1.54) is 18.4 Å². The summed E-state index contributed by atoms with van der Waals surface area (Å²) >= 11 is 1.74. The Hall–Kier alpha value is -0.420. The highest BCUT2D eigenvalue weighted by atomic mass is 32.1. The summed E-state index contributed by atoms with van der Waals surface area (Å²) in [4.78, 5) is 2.46. The maximum Gasteiger partial charge on any atom is 0.0698 e. The molecule has 2 rings (SSSR count). The highest BCUT2D eigenvalue weighted by molar-refractivity contribution is 7.07. The third kappa shape index (κ3) is 2.63. The third-order valence-electron chi connectivity index (χ3n) is 3.33. The molecule has 2 unspecified atom stereocenters. The average molecular weight is 240 g/mol. The van der Waals surface area contributed by atoms with Gasteiger partial charge in [-0.15, -0.1) is 0 Å². The fraction of sp³-hybridized carbons (Fsp3) is 0.667. The smallest absolute Gasteiger partial charge is 0.0698 e. The van der Waals surface area contributed by atoms with Crippen molar-refractivity contribution in [3.63, 3.8) is 0 Å². The second-order valence-corrected chi connectivity index (χ2v) is 5.08. The molecule has 1 aromatic rings. The Morgan fingerprint density at radius 3 is 3.19 bits per heavy atom. The zero-order chi connectivity index (χ0) is 11.4. The molecule has 0 aliphatic carbocycles. The van der Waals surface area contributed by atoms with Crippen LogP contribution in [-0.4, -0.2) is 37.7 Å². The van der Waals surface area contributed by atoms with Gasteiger partial charge in [0, 0.05) is 26.2 Å². The number of nitrogens with two attached hydrogens (primary N) is 1. The van der Waals surface area contributed by atoms with Gasteiger partial charge in [-0.3, -0.25) is 4.90 Å². The van der Waals surface area contributed by atoms with Crippen molar-refractivity contribution >= 4 is 11.3 Å². The summed E-state index contributed by atoms with van der Waals surface area (Å²) in [5.74, 6) is 0. The Kier molecular flexibility index (Phi) is 4.35. The van der Waals surface area contributed by atoms with Crippen LogP contribution in [0.2, 0.25) is 0 Å². The predicted molar refractivity (Wildman–Crippen MR) is 67.7 cm³/mol. The first-order valence-corrected chi connectivity index (χ1v) is 6.78. The van der Waals surface area contributed by atoms with Crippen LogP contribution in [0.5, 0.6) is 0 Å². The minimum absolute atomic E-state index is 0.365. The van der Waals surface area contributed by atoms with Crippen LogP contribution in [0.1, 0.15) is 24.4 Å². The molecular formula is C12H20N2OS. The van der Waals surface area contributed by atoms with E-state index in [0.717, 1.165) is 13.1 Å². The van der Waals surface area contributed by atoms with Gasteiger partial charge in [-0.05, 0) is 41.8 Å². The van der Waals surface area contributed by atoms with Crippen LogP contribution in [0, 0.1) is 0 Å². The number of likely N-dealkylation sites (tertiary alicyclic amines) is 1. The molecule has 90 valence electrons. The molecule has 2 N–H and O–H groups in total. The molecule has 1 fully saturated rings. The molecular weight excluding hydrogens is 220 g/mol. The van der Waals surface area contributed by atoms with E-state index in [0.29, 0.717) is 18.7 Å². The van der Waals surface area contributed by atoms with E-state index < -0.39 is 0 Å². The van der Waals surface area contributed by atoms with Crippen LogP contribution < -0.4 is 5.73 Å². The molecule has 1 aliphatic heterocycles. The lowest BCUT2D eigenvalue weighted by Crippen LogP contribution is -2.43. The molecule has 4 heteroatoms. The van der Waals surface area contributed by atoms with Crippen LogP contribution in [0.15, 0.2) is 16.8 Å². The molecule has 16 heavy (non-hydrogen) atoms. The van der Waals surface area contributed by atoms with E-state index >= 15 is 0 Å². The molecule has 0 bridgehead atoms. The highest BCUT2D eigenvalue weighted by Crippen LogP contribution is 2.26. The van der Waals surface area contributed by atoms with Gasteiger partial charge < -0.3 is 10.5 Å². The number of thiophene rings is 1. The quantitative estimate of drug-likeness (QED) is 0.873. The van der Waals surface area contributed by atoms with Crippen LogP contribution in [0.25, 0.3) is 0 Å². The monoisotopic (exact) mass is 240 g/mol. The van der Waals surface area contributed by atoms with E-state index in [2.05, 4.69) is 21.7 Å². The van der Waals surface area contributed by atoms with Gasteiger partial charge in [-0.2, -0.15) is 11.3 Å². The van der Waals surface area contributed by atoms with Gasteiger partial charge in [-0.25, -0.2) is 0 Å². The molecule has 0 spiro atoms. The number of piperidine rings is 1. The van der Waals surface area contributed by atoms with E-state index in [4.69, 9.17) is 10.5 Å². The topological polar surface area (TPSA) is 38.5 Å². The number of ether oxygens (including phenoxy) is 1. The molecule has 2 heterocycles. The number of hydrogen-bond donors (Lipinski definition) is 1. The molecule has 0 amide bonds. The van der Waals surface area contributed by atoms with Gasteiger partial charge >= 0.3 is 0 Å². The third-order valence-corrected chi connectivity index (χ3v) is 4.04. The Balaban J connectivity index is 2.03. The second-order valence-electron chi connectivity index (χ2n) is 4.30. The zero-order valence-electron chi connectivity index (χ0n) is 9.76. The van der Waals surface area contributed by atoms with Crippen molar-refractivity contribution in [3.8, 4) is 0 Å². The SMILES string of the molecule is COC1CCCN(C(CN)c2ccsc2)C1. The molecule has 3 nitrogen and oxygen atoms in total. The van der Waals surface area contributed by atoms with Crippen LogP contribution in [0.4, 0.5) is 0 Å². The molecule has 1 aliphatic rings. The standard InChI is InChI=1S/C12H20N2OS/c1-15-11-3-2-5-14(8-11)12(7-13)10-4-6-16-9-10/h4,6,9,11-12H,2-3,5,7-8,13H2,1H3. The van der Waals surface area contributed by atoms with Gasteiger partial charge in [-0.1, -0.05) is 0 Å². The molecule has 2 atom stereocenters. The summed E-state index contributed by atoms with van der Waals surface area (Å²) in [5, 5.41) is 4.32. The largest absolute Gasteiger partial charge is 0.380 e. The first-order chi connectivity index (χ1) is 7.85. The van der Waals surface area contributed by atoms with Gasteiger partial charge in [0.2, 0.25) is 0 Å². The molecule has 0 aromatic carbocycles. The summed E-state index contributed by atoms with van der Waals surface area (Å²) in [6.07, 6.45) is 2.76. The van der Waals surface area contributed by atoms with Crippen molar-refractivity contribution in [1.82, 2.24) is 4.90 Å². The van der Waals surface area contributed by atoms with Gasteiger partial charge in [0.25, 0.3) is 0 Å². The van der Waals surface area contributed by atoms with Crippen molar-refractivity contribution in [2.24, 2.45) is 5.73 Å². The van der Waals surface area contributed by atoms with Gasteiger partial charge in [0.05, 0.1) is 6.10 Å². The molecule has 0 radical (unpaired) electrons. The van der Waals surface area contributed by atoms with Gasteiger partial charge in [0.15, 0.2) is 0 Å². The minimum Gasteiger partial charge on any atom is -0.380 e. The fourth-order valence-corrected chi connectivity index (χ4v) is 3.11. The van der Waals surface area contributed by atoms with E-state index in [1.807, 2.05) is 0 Å². The average Bonchev–Trinajstić information content (AvgIpc) is 2.84. The zero-order valence-corrected chi connectivity index (χ0v) is 10.6. The lowest BCUT2D eigenvalue weighted by Gasteiger charge is -2.37. The van der Waals surface area contributed by atoms with Crippen LogP contribution in [0.3, 0.4) is 0 Å². The molecule has 0 saturated carbocycles. The van der Waals surface area contributed by atoms with Crippen molar-refractivity contribution in [2.75, 3.05) is 26.7 Å². The van der Waals surface area contributed by atoms with E-state index in [1.54, 1.807) is 18.4 Å². The minimum atomic E-state index is 0.365. The van der Waals surface area contributed by atoms with Crippen molar-refractivity contribution < 1.29 is 4.74 Å². The summed E-state index contributed by atoms with van der Waals surface area (Å²) in [7, 11) is 1.80. The lowest BCUT2D eigenvalue weighted by molar-refractivity contribution is 0.0156. The van der Waals surface area contributed by atoms with Crippen LogP contribution >= 0.6 is 11.3 Å². The normalized spacial score (nSPS) is 24.5. The number of rotatable bonds is 4. The Morgan fingerprint density at radius 2 is 2.56 bits per heavy atom. The summed E-state index contributed by atoms with van der Waals surface area (Å²) in [6, 6.07) is 2.54. The second kappa shape index (κ2) is 5.77.